The molecule has 55 heavy (non-hydrogen) atoms. The summed E-state index contributed by atoms with van der Waals surface area (Å²) < 4.78 is 127. The van der Waals surface area contributed by atoms with Crippen molar-refractivity contribution in [1.82, 2.24) is 25.1 Å². The van der Waals surface area contributed by atoms with Crippen molar-refractivity contribution in [1.29, 1.82) is 0 Å². The highest BCUT2D eigenvalue weighted by Gasteiger charge is 2.45. The first kappa shape index (κ1) is 41.2. The van der Waals surface area contributed by atoms with Crippen LogP contribution in [0.1, 0.15) is 42.5 Å². The molecule has 12 nitrogen and oxygen atoms in total. The first-order valence-electron chi connectivity index (χ1n) is 16.9. The molecule has 2 N–H and O–H groups in total. The Labute approximate surface area is 309 Å². The van der Waals surface area contributed by atoms with Gasteiger partial charge in [-0.2, -0.15) is 30.7 Å². The van der Waals surface area contributed by atoms with Gasteiger partial charge in [0.05, 0.1) is 43.9 Å². The molecular formula is C35H36F8N6O6. The van der Waals surface area contributed by atoms with E-state index in [-0.39, 0.29) is 17.9 Å². The summed E-state index contributed by atoms with van der Waals surface area (Å²) in [7, 11) is 1.17. The predicted octanol–water partition coefficient (Wildman–Crippen LogP) is 5.17. The fourth-order valence-corrected chi connectivity index (χ4v) is 5.92. The summed E-state index contributed by atoms with van der Waals surface area (Å²) in [5.74, 6) is -5.78. The summed E-state index contributed by atoms with van der Waals surface area (Å²) in [6, 6.07) is 4.61. The lowest BCUT2D eigenvalue weighted by atomic mass is 9.77. The van der Waals surface area contributed by atoms with Crippen molar-refractivity contribution in [3.63, 3.8) is 0 Å². The monoisotopic (exact) mass is 788 g/mol. The Bertz CT molecular complexity index is 1870. The molecule has 1 aliphatic heterocycles. The number of amides is 2. The molecule has 1 saturated heterocycles. The third kappa shape index (κ3) is 10.2. The van der Waals surface area contributed by atoms with Gasteiger partial charge in [-0.3, -0.25) is 24.6 Å². The summed E-state index contributed by atoms with van der Waals surface area (Å²) in [6.45, 7) is 1.81. The van der Waals surface area contributed by atoms with E-state index >= 15 is 8.78 Å². The van der Waals surface area contributed by atoms with Crippen LogP contribution in [0.5, 0.6) is 5.75 Å². The van der Waals surface area contributed by atoms with E-state index in [9.17, 15) is 40.7 Å². The fourth-order valence-electron chi connectivity index (χ4n) is 5.92. The van der Waals surface area contributed by atoms with Crippen molar-refractivity contribution in [2.45, 2.75) is 50.1 Å². The van der Waals surface area contributed by atoms with Crippen molar-refractivity contribution < 1.29 is 63.7 Å². The molecule has 298 valence electrons. The molecule has 1 aromatic heterocycles. The number of ether oxygens (including phenoxy) is 3. The number of halogens is 8. The molecular weight excluding hydrogens is 752 g/mol. The second kappa shape index (κ2) is 17.2. The number of aromatic nitrogens is 2. The summed E-state index contributed by atoms with van der Waals surface area (Å²) in [5.41, 5.74) is -5.82. The summed E-state index contributed by atoms with van der Waals surface area (Å²) in [4.78, 5) is 49.1. The molecule has 2 aliphatic rings. The molecule has 2 heterocycles. The second-order valence-electron chi connectivity index (χ2n) is 12.8. The topological polar surface area (TPSA) is 135 Å². The van der Waals surface area contributed by atoms with Crippen molar-refractivity contribution in [3.8, 4) is 17.0 Å². The first-order chi connectivity index (χ1) is 26.0. The van der Waals surface area contributed by atoms with E-state index in [2.05, 4.69) is 20.6 Å². The molecule has 0 atom stereocenters. The number of esters is 1. The molecule has 2 amide bonds. The molecule has 0 bridgehead atoms. The van der Waals surface area contributed by atoms with Gasteiger partial charge >= 0.3 is 18.3 Å². The lowest BCUT2D eigenvalue weighted by Gasteiger charge is -2.41. The van der Waals surface area contributed by atoms with Crippen LogP contribution in [0.25, 0.3) is 11.3 Å². The second-order valence-corrected chi connectivity index (χ2v) is 12.8. The van der Waals surface area contributed by atoms with Crippen LogP contribution in [0.2, 0.25) is 0 Å². The molecule has 2 aromatic carbocycles. The van der Waals surface area contributed by atoms with Crippen LogP contribution in [0, 0.1) is 11.6 Å². The maximum Gasteiger partial charge on any atom is 0.433 e. The minimum atomic E-state index is -4.97. The lowest BCUT2D eigenvalue weighted by Crippen LogP contribution is -2.60. The Balaban J connectivity index is 1.35. The van der Waals surface area contributed by atoms with Crippen molar-refractivity contribution in [2.75, 3.05) is 58.6 Å². The van der Waals surface area contributed by atoms with Crippen LogP contribution in [-0.2, 0) is 42.8 Å². The van der Waals surface area contributed by atoms with Crippen LogP contribution in [0.4, 0.5) is 40.8 Å². The van der Waals surface area contributed by atoms with Crippen LogP contribution >= 0.6 is 0 Å². The van der Waals surface area contributed by atoms with E-state index in [0.717, 1.165) is 11.0 Å². The van der Waals surface area contributed by atoms with Crippen LogP contribution < -0.4 is 15.4 Å². The van der Waals surface area contributed by atoms with E-state index in [4.69, 9.17) is 14.2 Å². The zero-order valence-electron chi connectivity index (χ0n) is 29.3. The number of anilines is 1. The van der Waals surface area contributed by atoms with Gasteiger partial charge in [0.15, 0.2) is 11.6 Å². The zero-order chi connectivity index (χ0) is 40.0. The number of morpholine rings is 1. The SMILES string of the molecule is COC(=O)C1(NCN(Cc2ccc(OCCN3CCOCC3)c(F)c2F)C(=O)CC(=O)Nc2ccc(C(F)(F)F)cc2-c2cc(C(F)(F)F)ncn2)CCC1. The average molecular weight is 789 g/mol. The molecule has 1 aliphatic carbocycles. The Kier molecular flexibility index (Phi) is 12.9. The smallest absolute Gasteiger partial charge is 0.433 e. The van der Waals surface area contributed by atoms with Crippen LogP contribution in [-0.4, -0.2) is 96.3 Å². The van der Waals surface area contributed by atoms with E-state index in [1.807, 2.05) is 4.90 Å². The number of carbonyl (C=O) groups excluding carboxylic acids is 3. The number of nitrogens with one attached hydrogen (secondary N) is 2. The third-order valence-electron chi connectivity index (χ3n) is 9.17. The fraction of sp³-hybridized carbons (Fsp3) is 0.457. The van der Waals surface area contributed by atoms with Gasteiger partial charge in [0.25, 0.3) is 0 Å². The Morgan fingerprint density at radius 1 is 0.964 bits per heavy atom. The van der Waals surface area contributed by atoms with Gasteiger partial charge < -0.3 is 24.4 Å². The van der Waals surface area contributed by atoms with Crippen LogP contribution in [0.3, 0.4) is 0 Å². The highest BCUT2D eigenvalue weighted by atomic mass is 19.4. The highest BCUT2D eigenvalue weighted by Crippen LogP contribution is 2.37. The van der Waals surface area contributed by atoms with Gasteiger partial charge in [0.2, 0.25) is 17.6 Å². The molecule has 2 fully saturated rings. The Morgan fingerprint density at radius 2 is 1.69 bits per heavy atom. The van der Waals surface area contributed by atoms with E-state index < -0.39 is 95.1 Å². The van der Waals surface area contributed by atoms with E-state index in [1.54, 1.807) is 0 Å². The quantitative estimate of drug-likeness (QED) is 0.0976. The standard InChI is InChI=1S/C35H36F8N6O6/c1-53-32(52)33(7-2-8-33)46-20-49(18-21-3-6-26(31(37)30(21)36)55-14-11-48-9-12-54-13-10-48)29(51)17-28(50)47-24-5-4-22(34(38,39)40)15-23(24)25-16-27(35(41,42)43)45-19-44-25/h3-6,15-16,19,46H,2,7-14,17-18,20H2,1H3,(H,47,50). The molecule has 20 heteroatoms. The number of rotatable bonds is 14. The molecule has 3 aromatic rings. The van der Waals surface area contributed by atoms with Gasteiger partial charge in [0.1, 0.15) is 30.6 Å². The summed E-state index contributed by atoms with van der Waals surface area (Å²) in [5, 5.41) is 5.15. The Hall–Kier alpha value is -4.95. The van der Waals surface area contributed by atoms with Gasteiger partial charge in [-0.1, -0.05) is 6.07 Å². The number of methoxy groups -OCH3 is 1. The van der Waals surface area contributed by atoms with Crippen molar-refractivity contribution >= 4 is 23.5 Å². The van der Waals surface area contributed by atoms with Crippen molar-refractivity contribution in [3.05, 3.63) is 71.2 Å². The molecule has 0 radical (unpaired) electrons. The van der Waals surface area contributed by atoms with Gasteiger partial charge in [-0.15, -0.1) is 0 Å². The number of benzene rings is 2. The third-order valence-corrected chi connectivity index (χ3v) is 9.17. The van der Waals surface area contributed by atoms with E-state index in [1.165, 1.54) is 19.2 Å². The Morgan fingerprint density at radius 3 is 2.33 bits per heavy atom. The summed E-state index contributed by atoms with van der Waals surface area (Å²) in [6.07, 6.45) is -9.13. The van der Waals surface area contributed by atoms with Gasteiger partial charge in [0, 0.05) is 37.3 Å². The normalized spacial score (nSPS) is 15.9. The molecule has 1 saturated carbocycles. The van der Waals surface area contributed by atoms with Gasteiger partial charge in [-0.25, -0.2) is 14.4 Å². The molecule has 0 unspecified atom stereocenters. The maximum absolute atomic E-state index is 15.4. The van der Waals surface area contributed by atoms with Crippen molar-refractivity contribution in [2.24, 2.45) is 0 Å². The zero-order valence-corrected chi connectivity index (χ0v) is 29.3. The van der Waals surface area contributed by atoms with Gasteiger partial charge in [-0.05, 0) is 49.6 Å². The average Bonchev–Trinajstić information content (AvgIpc) is 3.12. The largest absolute Gasteiger partial charge is 0.489 e. The minimum Gasteiger partial charge on any atom is -0.489 e. The molecule has 0 spiro atoms. The number of hydrogen-bond donors (Lipinski definition) is 2. The predicted molar refractivity (Wildman–Crippen MR) is 177 cm³/mol. The summed E-state index contributed by atoms with van der Waals surface area (Å²) >= 11 is 0. The number of nitrogens with zero attached hydrogens (tertiary/aromatic N) is 4. The number of hydrogen-bond acceptors (Lipinski definition) is 10. The van der Waals surface area contributed by atoms with E-state index in [0.29, 0.717) is 76.6 Å². The number of alkyl halides is 6. The lowest BCUT2D eigenvalue weighted by molar-refractivity contribution is -0.154. The van der Waals surface area contributed by atoms with Crippen LogP contribution in [0.15, 0.2) is 42.7 Å². The molecule has 5 rings (SSSR count). The highest BCUT2D eigenvalue weighted by molar-refractivity contribution is 6.05. The maximum atomic E-state index is 15.4. The minimum absolute atomic E-state index is 0.0519. The first-order valence-corrected chi connectivity index (χ1v) is 16.9. The number of carbonyl (C=O) groups is 3.